The van der Waals surface area contributed by atoms with Gasteiger partial charge in [0.15, 0.2) is 11.1 Å². The zero-order valence-electron chi connectivity index (χ0n) is 5.65. The predicted octanol–water partition coefficient (Wildman–Crippen LogP) is 0.432. The summed E-state index contributed by atoms with van der Waals surface area (Å²) in [5.74, 6) is 0. The summed E-state index contributed by atoms with van der Waals surface area (Å²) in [6.45, 7) is 0. The third-order valence-corrected chi connectivity index (χ3v) is 1.97. The number of rotatable bonds is 1. The summed E-state index contributed by atoms with van der Waals surface area (Å²) in [5.41, 5.74) is 11.5. The van der Waals surface area contributed by atoms with Gasteiger partial charge in [0.05, 0.1) is 10.6 Å². The lowest BCUT2D eigenvalue weighted by atomic mass is 10.3. The average Bonchev–Trinajstić information content (AvgIpc) is 1.85. The first kappa shape index (κ1) is 8.03. The van der Waals surface area contributed by atoms with Gasteiger partial charge in [-0.1, -0.05) is 0 Å². The second-order valence-electron chi connectivity index (χ2n) is 2.05. The van der Waals surface area contributed by atoms with Crippen LogP contribution >= 0.6 is 0 Å². The molecule has 0 fully saturated rings. The van der Waals surface area contributed by atoms with Gasteiger partial charge in [-0.25, -0.2) is 4.21 Å². The molecular weight excluding hydrogens is 164 g/mol. The van der Waals surface area contributed by atoms with E-state index in [0.29, 0.717) is 5.69 Å². The molecule has 0 saturated carbocycles. The lowest BCUT2D eigenvalue weighted by Crippen LogP contribution is -1.97. The minimum absolute atomic E-state index is 0.194. The van der Waals surface area contributed by atoms with Crippen molar-refractivity contribution in [3.63, 3.8) is 0 Å². The predicted molar refractivity (Wildman–Crippen MR) is 44.3 cm³/mol. The van der Waals surface area contributed by atoms with Crippen LogP contribution in [0.1, 0.15) is 0 Å². The number of hydrogen-bond donors (Lipinski definition) is 3. The highest BCUT2D eigenvalue weighted by Crippen LogP contribution is 2.17. The highest BCUT2D eigenvalue weighted by Gasteiger charge is 2.03. The molecule has 0 amide bonds. The van der Waals surface area contributed by atoms with Crippen molar-refractivity contribution in [2.75, 3.05) is 11.5 Å². The molecule has 0 aliphatic rings. The largest absolute Gasteiger partial charge is 0.399 e. The zero-order chi connectivity index (χ0) is 8.43. The molecular formula is C6H8N2O2S. The Labute approximate surface area is 66.5 Å². The van der Waals surface area contributed by atoms with Gasteiger partial charge in [0.2, 0.25) is 0 Å². The maximum absolute atomic E-state index is 10.5. The fourth-order valence-corrected chi connectivity index (χ4v) is 1.17. The minimum atomic E-state index is -2.03. The quantitative estimate of drug-likeness (QED) is 0.423. The first-order valence-corrected chi connectivity index (χ1v) is 3.98. The number of nitrogens with two attached hydrogens (primary N) is 2. The fourth-order valence-electron chi connectivity index (χ4n) is 0.726. The van der Waals surface area contributed by atoms with E-state index in [2.05, 4.69) is 0 Å². The summed E-state index contributed by atoms with van der Waals surface area (Å²) < 4.78 is 19.2. The molecule has 4 nitrogen and oxygen atoms in total. The van der Waals surface area contributed by atoms with Gasteiger partial charge in [0, 0.05) is 5.69 Å². The van der Waals surface area contributed by atoms with E-state index in [1.807, 2.05) is 0 Å². The Morgan fingerprint density at radius 1 is 1.36 bits per heavy atom. The van der Waals surface area contributed by atoms with Crippen LogP contribution in [0.25, 0.3) is 0 Å². The van der Waals surface area contributed by atoms with Crippen LogP contribution in [0.4, 0.5) is 11.4 Å². The van der Waals surface area contributed by atoms with Crippen molar-refractivity contribution in [2.45, 2.75) is 4.90 Å². The number of anilines is 2. The van der Waals surface area contributed by atoms with E-state index in [9.17, 15) is 4.21 Å². The Morgan fingerprint density at radius 2 is 2.00 bits per heavy atom. The Hall–Kier alpha value is -1.07. The van der Waals surface area contributed by atoms with Crippen molar-refractivity contribution in [3.05, 3.63) is 18.2 Å². The van der Waals surface area contributed by atoms with E-state index in [0.717, 1.165) is 0 Å². The van der Waals surface area contributed by atoms with Crippen LogP contribution in [0.2, 0.25) is 0 Å². The van der Waals surface area contributed by atoms with Crippen LogP contribution in [0, 0.1) is 0 Å². The lowest BCUT2D eigenvalue weighted by molar-refractivity contribution is 0.565. The fraction of sp³-hybridized carbons (Fsp3) is 0. The zero-order valence-corrected chi connectivity index (χ0v) is 6.47. The normalized spacial score (nSPS) is 12.8. The monoisotopic (exact) mass is 172 g/mol. The van der Waals surface area contributed by atoms with E-state index in [1.165, 1.54) is 18.2 Å². The molecule has 5 N–H and O–H groups in total. The van der Waals surface area contributed by atoms with Gasteiger partial charge in [0.1, 0.15) is 0 Å². The van der Waals surface area contributed by atoms with Crippen LogP contribution in [0.3, 0.4) is 0 Å². The number of nitrogen functional groups attached to an aromatic ring is 2. The molecule has 1 unspecified atom stereocenters. The molecule has 0 bridgehead atoms. The summed E-state index contributed by atoms with van der Waals surface area (Å²) in [5, 5.41) is 0. The molecule has 1 aromatic rings. The summed E-state index contributed by atoms with van der Waals surface area (Å²) in [7, 11) is 0. The molecule has 1 aromatic carbocycles. The van der Waals surface area contributed by atoms with Crippen LogP contribution < -0.4 is 11.5 Å². The molecule has 5 heteroatoms. The van der Waals surface area contributed by atoms with Gasteiger partial charge in [-0.15, -0.1) is 0 Å². The van der Waals surface area contributed by atoms with Crippen molar-refractivity contribution < 1.29 is 8.76 Å². The average molecular weight is 172 g/mol. The van der Waals surface area contributed by atoms with Gasteiger partial charge in [-0.05, 0) is 18.2 Å². The summed E-state index contributed by atoms with van der Waals surface area (Å²) in [6.07, 6.45) is 0. The Balaban J connectivity index is 3.20. The smallest absolute Gasteiger partial charge is 0.188 e. The van der Waals surface area contributed by atoms with E-state index in [-0.39, 0.29) is 10.6 Å². The van der Waals surface area contributed by atoms with E-state index in [4.69, 9.17) is 16.0 Å². The van der Waals surface area contributed by atoms with E-state index in [1.54, 1.807) is 0 Å². The third-order valence-electron chi connectivity index (χ3n) is 1.22. The molecule has 0 aromatic heterocycles. The van der Waals surface area contributed by atoms with Crippen LogP contribution in [0.5, 0.6) is 0 Å². The minimum Gasteiger partial charge on any atom is -0.399 e. The summed E-state index contributed by atoms with van der Waals surface area (Å²) in [4.78, 5) is 0.194. The molecule has 60 valence electrons. The highest BCUT2D eigenvalue weighted by atomic mass is 32.2. The first-order chi connectivity index (χ1) is 5.11. The lowest BCUT2D eigenvalue weighted by Gasteiger charge is -2.00. The van der Waals surface area contributed by atoms with Crippen molar-refractivity contribution in [1.82, 2.24) is 0 Å². The van der Waals surface area contributed by atoms with Gasteiger partial charge in [-0.2, -0.15) is 0 Å². The van der Waals surface area contributed by atoms with E-state index >= 15 is 0 Å². The Bertz CT molecular complexity index is 301. The number of hydrogen-bond acceptors (Lipinski definition) is 3. The molecule has 1 rings (SSSR count). The third kappa shape index (κ3) is 1.69. The van der Waals surface area contributed by atoms with Crippen molar-refractivity contribution in [1.29, 1.82) is 0 Å². The maximum Gasteiger partial charge on any atom is 0.188 e. The van der Waals surface area contributed by atoms with Gasteiger partial charge < -0.3 is 16.0 Å². The second-order valence-corrected chi connectivity index (χ2v) is 2.98. The molecule has 11 heavy (non-hydrogen) atoms. The molecule has 1 atom stereocenters. The molecule has 0 saturated heterocycles. The topological polar surface area (TPSA) is 89.3 Å². The molecule has 0 spiro atoms. The maximum atomic E-state index is 10.5. The second kappa shape index (κ2) is 2.89. The van der Waals surface area contributed by atoms with Crippen LogP contribution in [-0.2, 0) is 11.1 Å². The van der Waals surface area contributed by atoms with Gasteiger partial charge in [-0.3, -0.25) is 0 Å². The SMILES string of the molecule is Nc1ccc(S(=O)O)c(N)c1. The van der Waals surface area contributed by atoms with Gasteiger partial charge in [0.25, 0.3) is 0 Å². The molecule has 0 heterocycles. The molecule has 0 aliphatic carbocycles. The standard InChI is InChI=1S/C6H8N2O2S/c7-4-1-2-6(11(9)10)5(8)3-4/h1-3H,7-8H2,(H,9,10). The first-order valence-electron chi connectivity index (χ1n) is 2.87. The van der Waals surface area contributed by atoms with Crippen molar-refractivity contribution >= 4 is 22.5 Å². The van der Waals surface area contributed by atoms with Gasteiger partial charge >= 0.3 is 0 Å². The molecule has 0 aliphatic heterocycles. The van der Waals surface area contributed by atoms with E-state index < -0.39 is 11.1 Å². The Morgan fingerprint density at radius 3 is 2.45 bits per heavy atom. The summed E-state index contributed by atoms with van der Waals surface area (Å²) >= 11 is -2.03. The highest BCUT2D eigenvalue weighted by molar-refractivity contribution is 7.79. The summed E-state index contributed by atoms with van der Waals surface area (Å²) in [6, 6.07) is 4.41. The Kier molecular flexibility index (Phi) is 2.11. The van der Waals surface area contributed by atoms with Crippen LogP contribution in [-0.4, -0.2) is 8.76 Å². The number of benzene rings is 1. The van der Waals surface area contributed by atoms with Crippen molar-refractivity contribution in [2.24, 2.45) is 0 Å². The van der Waals surface area contributed by atoms with Crippen LogP contribution in [0.15, 0.2) is 23.1 Å². The molecule has 0 radical (unpaired) electrons. The van der Waals surface area contributed by atoms with Crippen molar-refractivity contribution in [3.8, 4) is 0 Å².